The van der Waals surface area contributed by atoms with Crippen LogP contribution in [0.2, 0.25) is 0 Å². The highest BCUT2D eigenvalue weighted by atomic mass is 32.2. The molecule has 6 heteroatoms. The summed E-state index contributed by atoms with van der Waals surface area (Å²) in [6.07, 6.45) is 0. The molecule has 0 aliphatic carbocycles. The maximum absolute atomic E-state index is 12.1. The number of benzene rings is 2. The number of anilines is 2. The Morgan fingerprint density at radius 2 is 1.82 bits per heavy atom. The van der Waals surface area contributed by atoms with Crippen molar-refractivity contribution in [1.82, 2.24) is 0 Å². The Bertz CT molecular complexity index is 647. The van der Waals surface area contributed by atoms with Gasteiger partial charge in [-0.1, -0.05) is 18.2 Å². The van der Waals surface area contributed by atoms with Gasteiger partial charge in [0.1, 0.15) is 11.5 Å². The van der Waals surface area contributed by atoms with Crippen molar-refractivity contribution in [3.8, 4) is 11.5 Å². The summed E-state index contributed by atoms with van der Waals surface area (Å²) in [4.78, 5) is 13.1. The Labute approximate surface area is 133 Å². The molecular weight excluding hydrogens is 300 g/mol. The molecule has 0 aliphatic rings. The molecule has 116 valence electrons. The number of nitrogens with one attached hydrogen (secondary N) is 1. The van der Waals surface area contributed by atoms with Crippen molar-refractivity contribution in [2.75, 3.05) is 31.0 Å². The van der Waals surface area contributed by atoms with E-state index in [2.05, 4.69) is 5.32 Å². The van der Waals surface area contributed by atoms with Crippen LogP contribution in [-0.2, 0) is 4.79 Å². The van der Waals surface area contributed by atoms with Gasteiger partial charge in [-0.3, -0.25) is 4.79 Å². The lowest BCUT2D eigenvalue weighted by atomic mass is 10.2. The van der Waals surface area contributed by atoms with E-state index < -0.39 is 0 Å². The van der Waals surface area contributed by atoms with E-state index >= 15 is 0 Å². The van der Waals surface area contributed by atoms with E-state index in [1.807, 2.05) is 30.3 Å². The highest BCUT2D eigenvalue weighted by Gasteiger charge is 2.12. The first-order valence-electron chi connectivity index (χ1n) is 6.63. The number of carbonyl (C=O) groups excluding carboxylic acids is 1. The van der Waals surface area contributed by atoms with Crippen molar-refractivity contribution < 1.29 is 14.3 Å². The van der Waals surface area contributed by atoms with Gasteiger partial charge in [0.2, 0.25) is 5.91 Å². The number of carbonyl (C=O) groups is 1. The number of ether oxygens (including phenoxy) is 2. The molecule has 2 rings (SSSR count). The predicted octanol–water partition coefficient (Wildman–Crippen LogP) is 3.02. The summed E-state index contributed by atoms with van der Waals surface area (Å²) < 4.78 is 10.4. The van der Waals surface area contributed by atoms with E-state index in [4.69, 9.17) is 15.2 Å². The lowest BCUT2D eigenvalue weighted by Gasteiger charge is -2.13. The van der Waals surface area contributed by atoms with Crippen molar-refractivity contribution in [3.63, 3.8) is 0 Å². The molecule has 0 aliphatic heterocycles. The molecule has 2 aromatic rings. The zero-order valence-corrected chi connectivity index (χ0v) is 13.3. The monoisotopic (exact) mass is 318 g/mol. The van der Waals surface area contributed by atoms with Gasteiger partial charge in [-0.25, -0.2) is 0 Å². The second kappa shape index (κ2) is 7.61. The van der Waals surface area contributed by atoms with Gasteiger partial charge >= 0.3 is 0 Å². The molecule has 0 bridgehead atoms. The lowest BCUT2D eigenvalue weighted by molar-refractivity contribution is -0.113. The topological polar surface area (TPSA) is 73.6 Å². The number of hydrogen-bond donors (Lipinski definition) is 2. The van der Waals surface area contributed by atoms with Crippen molar-refractivity contribution in [2.24, 2.45) is 0 Å². The zero-order chi connectivity index (χ0) is 15.9. The maximum Gasteiger partial charge on any atom is 0.234 e. The predicted molar refractivity (Wildman–Crippen MR) is 89.8 cm³/mol. The molecule has 1 amide bonds. The van der Waals surface area contributed by atoms with E-state index in [1.54, 1.807) is 12.1 Å². The van der Waals surface area contributed by atoms with E-state index in [1.165, 1.54) is 26.0 Å². The summed E-state index contributed by atoms with van der Waals surface area (Å²) in [7, 11) is 3.05. The normalized spacial score (nSPS) is 10.1. The first-order valence-corrected chi connectivity index (χ1v) is 7.61. The van der Waals surface area contributed by atoms with Gasteiger partial charge in [0.15, 0.2) is 0 Å². The lowest BCUT2D eigenvalue weighted by Crippen LogP contribution is -2.15. The van der Waals surface area contributed by atoms with Crippen LogP contribution in [-0.4, -0.2) is 25.9 Å². The van der Waals surface area contributed by atoms with Crippen LogP contribution in [0, 0.1) is 0 Å². The molecule has 2 aromatic carbocycles. The molecule has 0 aromatic heterocycles. The van der Waals surface area contributed by atoms with Gasteiger partial charge in [-0.15, -0.1) is 11.8 Å². The Balaban J connectivity index is 2.04. The third kappa shape index (κ3) is 4.08. The highest BCUT2D eigenvalue weighted by Crippen LogP contribution is 2.34. The Morgan fingerprint density at radius 3 is 2.45 bits per heavy atom. The highest BCUT2D eigenvalue weighted by molar-refractivity contribution is 8.00. The van der Waals surface area contributed by atoms with Crippen LogP contribution in [0.3, 0.4) is 0 Å². The molecule has 0 saturated heterocycles. The number of hydrogen-bond acceptors (Lipinski definition) is 5. The Hall–Kier alpha value is -2.34. The molecule has 0 spiro atoms. The summed E-state index contributed by atoms with van der Waals surface area (Å²) in [6.45, 7) is 0. The summed E-state index contributed by atoms with van der Waals surface area (Å²) >= 11 is 1.47. The number of thioether (sulfide) groups is 1. The second-order valence-electron chi connectivity index (χ2n) is 4.44. The van der Waals surface area contributed by atoms with E-state index in [0.717, 1.165) is 4.90 Å². The van der Waals surface area contributed by atoms with Crippen LogP contribution in [0.5, 0.6) is 11.5 Å². The number of methoxy groups -OCH3 is 2. The molecule has 22 heavy (non-hydrogen) atoms. The van der Waals surface area contributed by atoms with Crippen LogP contribution in [0.25, 0.3) is 0 Å². The van der Waals surface area contributed by atoms with Crippen molar-refractivity contribution >= 4 is 29.0 Å². The molecule has 0 atom stereocenters. The first kappa shape index (κ1) is 16.0. The van der Waals surface area contributed by atoms with Crippen molar-refractivity contribution in [3.05, 3.63) is 42.5 Å². The fourth-order valence-electron chi connectivity index (χ4n) is 1.87. The number of rotatable bonds is 6. The van der Waals surface area contributed by atoms with Crippen molar-refractivity contribution in [2.45, 2.75) is 4.90 Å². The summed E-state index contributed by atoms with van der Waals surface area (Å²) in [6, 6.07) is 13.0. The molecule has 0 heterocycles. The van der Waals surface area contributed by atoms with Crippen LogP contribution in [0.4, 0.5) is 11.4 Å². The third-order valence-electron chi connectivity index (χ3n) is 2.94. The standard InChI is InChI=1S/C16H18N2O3S/c1-20-14-9-13(15(21-2)8-12(14)17)18-16(19)10-22-11-6-4-3-5-7-11/h3-9H,10,17H2,1-2H3,(H,18,19). The average Bonchev–Trinajstić information content (AvgIpc) is 2.55. The molecule has 5 nitrogen and oxygen atoms in total. The fraction of sp³-hybridized carbons (Fsp3) is 0.188. The summed E-state index contributed by atoms with van der Waals surface area (Å²) in [5.74, 6) is 1.17. The zero-order valence-electron chi connectivity index (χ0n) is 12.5. The third-order valence-corrected chi connectivity index (χ3v) is 3.95. The van der Waals surface area contributed by atoms with Gasteiger partial charge in [0.25, 0.3) is 0 Å². The van der Waals surface area contributed by atoms with Gasteiger partial charge in [-0.2, -0.15) is 0 Å². The number of nitrogens with two attached hydrogens (primary N) is 1. The SMILES string of the molecule is COc1cc(NC(=O)CSc2ccccc2)c(OC)cc1N. The van der Waals surface area contributed by atoms with Crippen LogP contribution in [0.15, 0.2) is 47.4 Å². The molecule has 3 N–H and O–H groups in total. The van der Waals surface area contributed by atoms with Crippen LogP contribution < -0.4 is 20.5 Å². The largest absolute Gasteiger partial charge is 0.495 e. The Kier molecular flexibility index (Phi) is 5.55. The van der Waals surface area contributed by atoms with E-state index in [-0.39, 0.29) is 5.91 Å². The quantitative estimate of drug-likeness (QED) is 0.632. The van der Waals surface area contributed by atoms with Gasteiger partial charge < -0.3 is 20.5 Å². The van der Waals surface area contributed by atoms with Gasteiger partial charge in [0, 0.05) is 17.0 Å². The number of nitrogen functional groups attached to an aromatic ring is 1. The molecule has 0 saturated carbocycles. The molecular formula is C16H18N2O3S. The van der Waals surface area contributed by atoms with E-state index in [9.17, 15) is 4.79 Å². The second-order valence-corrected chi connectivity index (χ2v) is 5.49. The average molecular weight is 318 g/mol. The maximum atomic E-state index is 12.1. The minimum absolute atomic E-state index is 0.126. The smallest absolute Gasteiger partial charge is 0.234 e. The summed E-state index contributed by atoms with van der Waals surface area (Å²) in [5, 5.41) is 2.81. The minimum atomic E-state index is -0.126. The summed E-state index contributed by atoms with van der Waals surface area (Å²) in [5.41, 5.74) is 6.81. The molecule has 0 fully saturated rings. The Morgan fingerprint density at radius 1 is 1.14 bits per heavy atom. The van der Waals surface area contributed by atoms with Crippen LogP contribution in [0.1, 0.15) is 0 Å². The molecule has 0 radical (unpaired) electrons. The molecule has 0 unspecified atom stereocenters. The van der Waals surface area contributed by atoms with Gasteiger partial charge in [-0.05, 0) is 12.1 Å². The number of amides is 1. The van der Waals surface area contributed by atoms with E-state index in [0.29, 0.717) is 28.6 Å². The van der Waals surface area contributed by atoms with Crippen LogP contribution >= 0.6 is 11.8 Å². The van der Waals surface area contributed by atoms with Gasteiger partial charge in [0.05, 0.1) is 31.3 Å². The minimum Gasteiger partial charge on any atom is -0.495 e. The first-order chi connectivity index (χ1) is 10.6. The van der Waals surface area contributed by atoms with Crippen molar-refractivity contribution in [1.29, 1.82) is 0 Å². The fourth-order valence-corrected chi connectivity index (χ4v) is 2.59.